The van der Waals surface area contributed by atoms with Crippen LogP contribution in [-0.4, -0.2) is 31.1 Å². The summed E-state index contributed by atoms with van der Waals surface area (Å²) in [6, 6.07) is 23.7. The zero-order valence-corrected chi connectivity index (χ0v) is 20.5. The number of hydrogen-bond acceptors (Lipinski definition) is 3. The molecule has 4 nitrogen and oxygen atoms in total. The van der Waals surface area contributed by atoms with Crippen LogP contribution in [0.5, 0.6) is 5.75 Å². The van der Waals surface area contributed by atoms with Gasteiger partial charge in [0.05, 0.1) is 13.2 Å². The zero-order chi connectivity index (χ0) is 22.0. The predicted molar refractivity (Wildman–Crippen MR) is 128 cm³/mol. The van der Waals surface area contributed by atoms with E-state index in [1.165, 1.54) is 0 Å². The van der Waals surface area contributed by atoms with Crippen LogP contribution < -0.4 is 4.74 Å². The van der Waals surface area contributed by atoms with Crippen LogP contribution in [0.15, 0.2) is 81.7 Å². The fraction of sp³-hybridized carbons (Fsp3) is 0.240. The van der Waals surface area contributed by atoms with E-state index in [1.807, 2.05) is 84.7 Å². The molecule has 1 heterocycles. The molecule has 0 aliphatic carbocycles. The smallest absolute Gasteiger partial charge is 0.252 e. The van der Waals surface area contributed by atoms with Crippen LogP contribution in [0, 0.1) is 0 Å². The Morgan fingerprint density at radius 2 is 1.55 bits per heavy atom. The van der Waals surface area contributed by atoms with E-state index in [9.17, 15) is 4.79 Å². The summed E-state index contributed by atoms with van der Waals surface area (Å²) in [7, 11) is 3.50. The van der Waals surface area contributed by atoms with Crippen molar-refractivity contribution in [2.24, 2.45) is 0 Å². The summed E-state index contributed by atoms with van der Waals surface area (Å²) in [5.41, 5.74) is 3.07. The van der Waals surface area contributed by atoms with Gasteiger partial charge in [-0.2, -0.15) is 0 Å². The number of hydrogen-bond donors (Lipinski definition) is 0. The van der Waals surface area contributed by atoms with E-state index in [0.29, 0.717) is 6.42 Å². The molecule has 1 amide bonds. The molecular weight excluding hydrogens is 522 g/mol. The van der Waals surface area contributed by atoms with E-state index in [1.54, 1.807) is 7.11 Å². The lowest BCUT2D eigenvalue weighted by Crippen LogP contribution is -2.49. The highest BCUT2D eigenvalue weighted by molar-refractivity contribution is 9.10. The highest BCUT2D eigenvalue weighted by atomic mass is 79.9. The molecule has 1 saturated heterocycles. The van der Waals surface area contributed by atoms with Gasteiger partial charge in [-0.05, 0) is 53.1 Å². The highest BCUT2D eigenvalue weighted by Gasteiger charge is 2.42. The van der Waals surface area contributed by atoms with Crippen LogP contribution >= 0.6 is 31.9 Å². The second kappa shape index (κ2) is 9.55. The van der Waals surface area contributed by atoms with E-state index in [4.69, 9.17) is 9.47 Å². The molecule has 6 heteroatoms. The first-order chi connectivity index (χ1) is 15.0. The van der Waals surface area contributed by atoms with Crippen LogP contribution in [0.25, 0.3) is 0 Å². The van der Waals surface area contributed by atoms with Crippen LogP contribution in [0.1, 0.15) is 28.8 Å². The third-order valence-corrected chi connectivity index (χ3v) is 6.66. The zero-order valence-electron chi connectivity index (χ0n) is 17.3. The first-order valence-electron chi connectivity index (χ1n) is 10.0. The van der Waals surface area contributed by atoms with Crippen LogP contribution in [-0.2, 0) is 16.0 Å². The molecule has 31 heavy (non-hydrogen) atoms. The number of morpholine rings is 1. The van der Waals surface area contributed by atoms with Crippen LogP contribution in [0.3, 0.4) is 0 Å². The molecule has 0 N–H and O–H groups in total. The van der Waals surface area contributed by atoms with Gasteiger partial charge in [0.25, 0.3) is 5.91 Å². The first-order valence-corrected chi connectivity index (χ1v) is 11.6. The minimum Gasteiger partial charge on any atom is -0.497 e. The van der Waals surface area contributed by atoms with Gasteiger partial charge in [-0.3, -0.25) is 4.79 Å². The monoisotopic (exact) mass is 543 g/mol. The summed E-state index contributed by atoms with van der Waals surface area (Å²) in [4.78, 5) is 15.1. The second-order valence-electron chi connectivity index (χ2n) is 7.60. The topological polar surface area (TPSA) is 38.8 Å². The van der Waals surface area contributed by atoms with Gasteiger partial charge in [0, 0.05) is 22.4 Å². The Morgan fingerprint density at radius 3 is 2.16 bits per heavy atom. The standard InChI is InChI=1S/C25H23Br2NO3/c1-28-23(17-6-10-19(26)11-7-17)24(18-8-12-20(27)13-9-18)31-22(25(28)29)15-16-4-3-5-21(14-16)30-2/h3-14,22-24H,15H2,1-2H3/t22-,23+,24-/m1/s1. The number of halogens is 2. The van der Waals surface area contributed by atoms with E-state index in [-0.39, 0.29) is 18.1 Å². The largest absolute Gasteiger partial charge is 0.497 e. The molecule has 0 radical (unpaired) electrons. The fourth-order valence-corrected chi connectivity index (χ4v) is 4.53. The van der Waals surface area contributed by atoms with Crippen molar-refractivity contribution in [1.29, 1.82) is 0 Å². The molecule has 0 saturated carbocycles. The average molecular weight is 545 g/mol. The number of benzene rings is 3. The van der Waals surface area contributed by atoms with Crippen molar-refractivity contribution >= 4 is 37.8 Å². The van der Waals surface area contributed by atoms with Crippen molar-refractivity contribution in [3.63, 3.8) is 0 Å². The van der Waals surface area contributed by atoms with Crippen molar-refractivity contribution in [2.75, 3.05) is 14.2 Å². The van der Waals surface area contributed by atoms with Gasteiger partial charge >= 0.3 is 0 Å². The lowest BCUT2D eigenvalue weighted by Gasteiger charge is -2.43. The molecule has 3 aromatic rings. The van der Waals surface area contributed by atoms with Gasteiger partial charge in [0.1, 0.15) is 18.0 Å². The number of amides is 1. The van der Waals surface area contributed by atoms with Gasteiger partial charge in [0.15, 0.2) is 0 Å². The Labute approximate surface area is 199 Å². The van der Waals surface area contributed by atoms with E-state index < -0.39 is 6.10 Å². The van der Waals surface area contributed by atoms with Crippen molar-refractivity contribution in [1.82, 2.24) is 4.90 Å². The normalized spacial score (nSPS) is 21.2. The molecule has 3 atom stereocenters. The molecule has 160 valence electrons. The van der Waals surface area contributed by atoms with Crippen LogP contribution in [0.2, 0.25) is 0 Å². The molecule has 1 fully saturated rings. The average Bonchev–Trinajstić information content (AvgIpc) is 2.78. The minimum absolute atomic E-state index is 0.0240. The maximum Gasteiger partial charge on any atom is 0.252 e. The van der Waals surface area contributed by atoms with E-state index in [0.717, 1.165) is 31.4 Å². The third kappa shape index (κ3) is 4.86. The summed E-state index contributed by atoms with van der Waals surface area (Å²) in [5.74, 6) is 0.746. The lowest BCUT2D eigenvalue weighted by molar-refractivity contribution is -0.171. The Morgan fingerprint density at radius 1 is 0.935 bits per heavy atom. The Bertz CT molecular complexity index is 1050. The molecular formula is C25H23Br2NO3. The molecule has 0 spiro atoms. The van der Waals surface area contributed by atoms with Crippen molar-refractivity contribution in [3.8, 4) is 5.75 Å². The molecule has 0 aromatic heterocycles. The number of carbonyl (C=O) groups is 1. The number of methoxy groups -OCH3 is 1. The second-order valence-corrected chi connectivity index (χ2v) is 9.43. The highest BCUT2D eigenvalue weighted by Crippen LogP contribution is 2.42. The maximum absolute atomic E-state index is 13.3. The first kappa shape index (κ1) is 22.1. The van der Waals surface area contributed by atoms with Crippen molar-refractivity contribution < 1.29 is 14.3 Å². The Kier molecular flexibility index (Phi) is 6.80. The van der Waals surface area contributed by atoms with E-state index >= 15 is 0 Å². The molecule has 1 aliphatic heterocycles. The van der Waals surface area contributed by atoms with Gasteiger partial charge in [-0.1, -0.05) is 68.3 Å². The maximum atomic E-state index is 13.3. The Hall–Kier alpha value is -2.15. The van der Waals surface area contributed by atoms with Gasteiger partial charge in [0.2, 0.25) is 0 Å². The summed E-state index contributed by atoms with van der Waals surface area (Å²) < 4.78 is 13.8. The number of rotatable bonds is 5. The van der Waals surface area contributed by atoms with E-state index in [2.05, 4.69) is 31.9 Å². The number of likely N-dealkylation sites (N-methyl/N-ethyl adjacent to an activating group) is 1. The number of carbonyl (C=O) groups excluding carboxylic acids is 1. The van der Waals surface area contributed by atoms with Gasteiger partial charge in [-0.15, -0.1) is 0 Å². The quantitative estimate of drug-likeness (QED) is 0.389. The number of ether oxygens (including phenoxy) is 2. The molecule has 3 aromatic carbocycles. The van der Waals surface area contributed by atoms with Gasteiger partial charge < -0.3 is 14.4 Å². The Balaban J connectivity index is 1.69. The van der Waals surface area contributed by atoms with Crippen molar-refractivity contribution in [3.05, 3.63) is 98.4 Å². The predicted octanol–water partition coefficient (Wildman–Crippen LogP) is 6.10. The summed E-state index contributed by atoms with van der Waals surface area (Å²) in [6.45, 7) is 0. The van der Waals surface area contributed by atoms with Crippen LogP contribution in [0.4, 0.5) is 0 Å². The SMILES string of the molecule is COc1cccc(C[C@H]2O[C@H](c3ccc(Br)cc3)[C@H](c3ccc(Br)cc3)N(C)C2=O)c1. The van der Waals surface area contributed by atoms with Crippen molar-refractivity contribution in [2.45, 2.75) is 24.7 Å². The molecule has 1 aliphatic rings. The summed E-state index contributed by atoms with van der Waals surface area (Å²) in [6.07, 6.45) is -0.370. The minimum atomic E-state index is -0.572. The third-order valence-electron chi connectivity index (χ3n) is 5.60. The molecule has 0 unspecified atom stereocenters. The summed E-state index contributed by atoms with van der Waals surface area (Å²) in [5, 5.41) is 0. The molecule has 4 rings (SSSR count). The fourth-order valence-electron chi connectivity index (χ4n) is 4.00. The number of nitrogens with zero attached hydrogens (tertiary/aromatic N) is 1. The lowest BCUT2D eigenvalue weighted by atomic mass is 9.91. The van der Waals surface area contributed by atoms with Gasteiger partial charge in [-0.25, -0.2) is 0 Å². The molecule has 0 bridgehead atoms. The summed E-state index contributed by atoms with van der Waals surface area (Å²) >= 11 is 7.00.